The lowest BCUT2D eigenvalue weighted by molar-refractivity contribution is 0.0743. The van der Waals surface area contributed by atoms with Crippen LogP contribution in [0.15, 0.2) is 34.9 Å². The second-order valence-electron chi connectivity index (χ2n) is 6.13. The maximum Gasteiger partial charge on any atom is 0.316 e. The molecule has 3 heterocycles. The van der Waals surface area contributed by atoms with Crippen molar-refractivity contribution in [3.05, 3.63) is 36.2 Å². The van der Waals surface area contributed by atoms with Gasteiger partial charge in [-0.1, -0.05) is 23.4 Å². The van der Waals surface area contributed by atoms with Crippen LogP contribution >= 0.6 is 0 Å². The molecule has 10 nitrogen and oxygen atoms in total. The average Bonchev–Trinajstić information content (AvgIpc) is 3.39. The summed E-state index contributed by atoms with van der Waals surface area (Å²) in [5, 5.41) is 3.83. The molecule has 0 atom stereocenters. The Hall–Kier alpha value is -3.56. The van der Waals surface area contributed by atoms with E-state index in [0.29, 0.717) is 19.0 Å². The molecule has 27 heavy (non-hydrogen) atoms. The number of amides is 1. The van der Waals surface area contributed by atoms with Crippen LogP contribution in [0.1, 0.15) is 23.5 Å². The molecule has 1 fully saturated rings. The van der Waals surface area contributed by atoms with Gasteiger partial charge >= 0.3 is 11.8 Å². The highest BCUT2D eigenvalue weighted by Gasteiger charge is 2.26. The van der Waals surface area contributed by atoms with E-state index in [1.807, 2.05) is 37.4 Å². The molecule has 4 rings (SSSR count). The van der Waals surface area contributed by atoms with Gasteiger partial charge in [0.2, 0.25) is 23.5 Å². The van der Waals surface area contributed by atoms with Crippen molar-refractivity contribution < 1.29 is 9.32 Å². The minimum absolute atomic E-state index is 0.0231. The van der Waals surface area contributed by atoms with Crippen LogP contribution in [-0.2, 0) is 0 Å². The molecule has 0 spiro atoms. The highest BCUT2D eigenvalue weighted by Crippen LogP contribution is 2.22. The van der Waals surface area contributed by atoms with Crippen LogP contribution in [0.4, 0.5) is 17.6 Å². The molecule has 1 amide bonds. The molecule has 0 unspecified atom stereocenters. The topological polar surface area (TPSA) is 127 Å². The van der Waals surface area contributed by atoms with Crippen molar-refractivity contribution >= 4 is 23.5 Å². The maximum atomic E-state index is 12.4. The fraction of sp³-hybridized carbons (Fsp3) is 0.294. The van der Waals surface area contributed by atoms with Gasteiger partial charge in [-0.25, -0.2) is 0 Å². The SMILES string of the molecule is CN(c1ccccc1)c1nc(N)nc(-c2noc(C(=O)N3CCCC3)n2)n1. The maximum absolute atomic E-state index is 12.4. The number of para-hydroxylation sites is 1. The largest absolute Gasteiger partial charge is 0.368 e. The van der Waals surface area contributed by atoms with Crippen molar-refractivity contribution in [3.63, 3.8) is 0 Å². The number of hydrogen-bond acceptors (Lipinski definition) is 9. The Labute approximate surface area is 155 Å². The first-order valence-corrected chi connectivity index (χ1v) is 8.55. The number of anilines is 3. The fourth-order valence-corrected chi connectivity index (χ4v) is 2.85. The quantitative estimate of drug-likeness (QED) is 0.730. The van der Waals surface area contributed by atoms with E-state index in [2.05, 4.69) is 25.1 Å². The summed E-state index contributed by atoms with van der Waals surface area (Å²) in [6, 6.07) is 9.57. The van der Waals surface area contributed by atoms with Gasteiger partial charge in [0.1, 0.15) is 0 Å². The monoisotopic (exact) mass is 366 g/mol. The first kappa shape index (κ1) is 16.9. The van der Waals surface area contributed by atoms with Gasteiger partial charge in [0.25, 0.3) is 0 Å². The summed E-state index contributed by atoms with van der Waals surface area (Å²) in [7, 11) is 1.81. The fourth-order valence-electron chi connectivity index (χ4n) is 2.85. The normalized spacial score (nSPS) is 13.7. The molecule has 2 N–H and O–H groups in total. The molecular formula is C17H18N8O2. The molecule has 1 saturated heterocycles. The van der Waals surface area contributed by atoms with E-state index in [0.717, 1.165) is 18.5 Å². The zero-order valence-electron chi connectivity index (χ0n) is 14.7. The van der Waals surface area contributed by atoms with Gasteiger partial charge in [-0.2, -0.15) is 19.9 Å². The zero-order valence-corrected chi connectivity index (χ0v) is 14.7. The smallest absolute Gasteiger partial charge is 0.316 e. The number of nitrogen functional groups attached to an aromatic ring is 1. The Balaban J connectivity index is 1.63. The molecule has 0 bridgehead atoms. The van der Waals surface area contributed by atoms with Crippen LogP contribution in [0.25, 0.3) is 11.6 Å². The number of benzene rings is 1. The van der Waals surface area contributed by atoms with Crippen molar-refractivity contribution in [3.8, 4) is 11.6 Å². The third-order valence-corrected chi connectivity index (χ3v) is 4.29. The predicted octanol–water partition coefficient (Wildman–Crippen LogP) is 1.51. The Morgan fingerprint density at radius 1 is 1.07 bits per heavy atom. The van der Waals surface area contributed by atoms with Gasteiger partial charge < -0.3 is 20.1 Å². The number of hydrogen-bond donors (Lipinski definition) is 1. The van der Waals surface area contributed by atoms with Crippen LogP contribution in [-0.4, -0.2) is 56.0 Å². The lowest BCUT2D eigenvalue weighted by Gasteiger charge is -2.17. The summed E-state index contributed by atoms with van der Waals surface area (Å²) in [4.78, 5) is 32.5. The Morgan fingerprint density at radius 2 is 1.81 bits per heavy atom. The lowest BCUT2D eigenvalue weighted by atomic mass is 10.3. The van der Waals surface area contributed by atoms with Crippen molar-refractivity contribution in [1.29, 1.82) is 0 Å². The number of nitrogens with zero attached hydrogens (tertiary/aromatic N) is 7. The van der Waals surface area contributed by atoms with Crippen LogP contribution in [0, 0.1) is 0 Å². The second kappa shape index (κ2) is 6.98. The highest BCUT2D eigenvalue weighted by molar-refractivity contribution is 5.90. The van der Waals surface area contributed by atoms with Gasteiger partial charge in [0.15, 0.2) is 0 Å². The molecule has 1 aromatic carbocycles. The Kier molecular flexibility index (Phi) is 4.37. The molecule has 10 heteroatoms. The van der Waals surface area contributed by atoms with Crippen LogP contribution in [0.3, 0.4) is 0 Å². The number of aromatic nitrogens is 5. The van der Waals surface area contributed by atoms with Crippen molar-refractivity contribution in [2.45, 2.75) is 12.8 Å². The first-order chi connectivity index (χ1) is 13.1. The molecule has 0 radical (unpaired) electrons. The molecule has 1 aliphatic rings. The van der Waals surface area contributed by atoms with Crippen LogP contribution < -0.4 is 10.6 Å². The summed E-state index contributed by atoms with van der Waals surface area (Å²) < 4.78 is 5.11. The lowest BCUT2D eigenvalue weighted by Crippen LogP contribution is -2.27. The molecular weight excluding hydrogens is 348 g/mol. The number of carbonyl (C=O) groups excluding carboxylic acids is 1. The summed E-state index contributed by atoms with van der Waals surface area (Å²) in [5.74, 6) is 0.230. The molecule has 2 aromatic heterocycles. The number of nitrogens with two attached hydrogens (primary N) is 1. The van der Waals surface area contributed by atoms with Crippen molar-refractivity contribution in [2.24, 2.45) is 0 Å². The third-order valence-electron chi connectivity index (χ3n) is 4.29. The van der Waals surface area contributed by atoms with Gasteiger partial charge in [0.05, 0.1) is 0 Å². The summed E-state index contributed by atoms with van der Waals surface area (Å²) >= 11 is 0. The molecule has 138 valence electrons. The first-order valence-electron chi connectivity index (χ1n) is 8.55. The van der Waals surface area contributed by atoms with Gasteiger partial charge in [-0.3, -0.25) is 4.79 Å². The third kappa shape index (κ3) is 3.41. The van der Waals surface area contributed by atoms with Gasteiger partial charge in [-0.15, -0.1) is 0 Å². The Bertz CT molecular complexity index is 953. The highest BCUT2D eigenvalue weighted by atomic mass is 16.5. The molecule has 0 aliphatic carbocycles. The number of rotatable bonds is 4. The van der Waals surface area contributed by atoms with Crippen molar-refractivity contribution in [1.82, 2.24) is 30.0 Å². The van der Waals surface area contributed by atoms with E-state index in [-0.39, 0.29) is 29.4 Å². The van der Waals surface area contributed by atoms with Crippen LogP contribution in [0.5, 0.6) is 0 Å². The average molecular weight is 366 g/mol. The van der Waals surface area contributed by atoms with Crippen LogP contribution in [0.2, 0.25) is 0 Å². The second-order valence-corrected chi connectivity index (χ2v) is 6.13. The minimum atomic E-state index is -0.282. The molecule has 0 saturated carbocycles. The standard InChI is InChI=1S/C17H18N8O2/c1-24(11-7-3-2-4-8-11)17-21-12(20-16(18)22-17)13-19-14(27-23-13)15(26)25-9-5-6-10-25/h2-4,7-8H,5-6,9-10H2,1H3,(H2,18,20,21,22). The van der Waals surface area contributed by atoms with E-state index in [9.17, 15) is 4.79 Å². The summed E-state index contributed by atoms with van der Waals surface area (Å²) in [5.41, 5.74) is 6.71. The van der Waals surface area contributed by atoms with Crippen molar-refractivity contribution in [2.75, 3.05) is 30.8 Å². The molecule has 3 aromatic rings. The van der Waals surface area contributed by atoms with E-state index in [1.54, 1.807) is 9.80 Å². The van der Waals surface area contributed by atoms with E-state index in [1.165, 1.54) is 0 Å². The van der Waals surface area contributed by atoms with Gasteiger partial charge in [-0.05, 0) is 25.0 Å². The van der Waals surface area contributed by atoms with Gasteiger partial charge in [0, 0.05) is 25.8 Å². The number of carbonyl (C=O) groups is 1. The summed E-state index contributed by atoms with van der Waals surface area (Å²) in [6.07, 6.45) is 1.96. The van der Waals surface area contributed by atoms with E-state index >= 15 is 0 Å². The zero-order chi connectivity index (χ0) is 18.8. The minimum Gasteiger partial charge on any atom is -0.368 e. The van der Waals surface area contributed by atoms with E-state index in [4.69, 9.17) is 10.3 Å². The summed E-state index contributed by atoms with van der Waals surface area (Å²) in [6.45, 7) is 1.39. The predicted molar refractivity (Wildman–Crippen MR) is 97.2 cm³/mol. The Morgan fingerprint density at radius 3 is 2.56 bits per heavy atom. The number of likely N-dealkylation sites (tertiary alicyclic amines) is 1. The molecule has 1 aliphatic heterocycles. The van der Waals surface area contributed by atoms with E-state index < -0.39 is 0 Å².